The van der Waals surface area contributed by atoms with Gasteiger partial charge in [0, 0.05) is 11.4 Å². The second-order valence-electron chi connectivity index (χ2n) is 4.11. The lowest BCUT2D eigenvalue weighted by Gasteiger charge is -2.07. The summed E-state index contributed by atoms with van der Waals surface area (Å²) >= 11 is 1.62. The highest BCUT2D eigenvalue weighted by Gasteiger charge is 2.01. The number of nitrogens with one attached hydrogen (secondary N) is 2. The number of aromatic hydroxyl groups is 1. The van der Waals surface area contributed by atoms with E-state index in [1.165, 1.54) is 0 Å². The number of benzene rings is 1. The number of urea groups is 1. The molecular formula is C14H16N2O2S. The average molecular weight is 276 g/mol. The largest absolute Gasteiger partial charge is 0.508 e. The van der Waals surface area contributed by atoms with Crippen LogP contribution in [0.2, 0.25) is 0 Å². The van der Waals surface area contributed by atoms with Crippen LogP contribution in [0, 0.1) is 0 Å². The number of carbonyl (C=O) groups is 1. The lowest BCUT2D eigenvalue weighted by molar-refractivity contribution is 0.240. The van der Waals surface area contributed by atoms with Gasteiger partial charge in [0.15, 0.2) is 0 Å². The molecule has 0 unspecified atom stereocenters. The predicted octanol–water partition coefficient (Wildman–Crippen LogP) is 2.50. The molecule has 0 aliphatic rings. The fraction of sp³-hybridized carbons (Fsp3) is 0.214. The second kappa shape index (κ2) is 6.80. The molecule has 5 heteroatoms. The van der Waals surface area contributed by atoms with Crippen molar-refractivity contribution in [1.29, 1.82) is 0 Å². The van der Waals surface area contributed by atoms with Crippen LogP contribution < -0.4 is 10.6 Å². The summed E-state index contributed by atoms with van der Waals surface area (Å²) in [4.78, 5) is 12.7. The third kappa shape index (κ3) is 4.63. The van der Waals surface area contributed by atoms with Gasteiger partial charge < -0.3 is 15.7 Å². The Morgan fingerprint density at radius 1 is 1.21 bits per heavy atom. The van der Waals surface area contributed by atoms with E-state index in [-0.39, 0.29) is 11.8 Å². The molecule has 0 bridgehead atoms. The van der Waals surface area contributed by atoms with Crippen LogP contribution in [0.15, 0.2) is 41.8 Å². The van der Waals surface area contributed by atoms with Crippen molar-refractivity contribution in [3.8, 4) is 5.75 Å². The third-order valence-corrected chi connectivity index (χ3v) is 3.49. The first kappa shape index (κ1) is 13.4. The Kier molecular flexibility index (Phi) is 4.80. The Labute approximate surface area is 116 Å². The van der Waals surface area contributed by atoms with Crippen molar-refractivity contribution in [3.05, 3.63) is 52.2 Å². The zero-order valence-electron chi connectivity index (χ0n) is 10.4. The monoisotopic (exact) mass is 276 g/mol. The van der Waals surface area contributed by atoms with Crippen molar-refractivity contribution in [2.75, 3.05) is 6.54 Å². The molecule has 0 atom stereocenters. The number of hydrogen-bond acceptors (Lipinski definition) is 3. The molecular weight excluding hydrogens is 260 g/mol. The van der Waals surface area contributed by atoms with Gasteiger partial charge in [0.2, 0.25) is 0 Å². The van der Waals surface area contributed by atoms with Crippen molar-refractivity contribution >= 4 is 17.4 Å². The molecule has 3 N–H and O–H groups in total. The van der Waals surface area contributed by atoms with Crippen molar-refractivity contribution in [2.45, 2.75) is 13.0 Å². The van der Waals surface area contributed by atoms with Gasteiger partial charge in [0.05, 0.1) is 6.54 Å². The van der Waals surface area contributed by atoms with Gasteiger partial charge in [-0.25, -0.2) is 4.79 Å². The summed E-state index contributed by atoms with van der Waals surface area (Å²) < 4.78 is 0. The summed E-state index contributed by atoms with van der Waals surface area (Å²) in [5.74, 6) is 0.250. The molecule has 0 saturated heterocycles. The van der Waals surface area contributed by atoms with Crippen molar-refractivity contribution in [1.82, 2.24) is 10.6 Å². The highest BCUT2D eigenvalue weighted by atomic mass is 32.1. The van der Waals surface area contributed by atoms with Crippen LogP contribution in [0.25, 0.3) is 0 Å². The van der Waals surface area contributed by atoms with E-state index in [0.29, 0.717) is 19.5 Å². The van der Waals surface area contributed by atoms with Gasteiger partial charge in [0.25, 0.3) is 0 Å². The van der Waals surface area contributed by atoms with Crippen LogP contribution in [-0.4, -0.2) is 17.7 Å². The summed E-state index contributed by atoms with van der Waals surface area (Å²) in [6.45, 7) is 1.09. The fourth-order valence-electron chi connectivity index (χ4n) is 1.68. The Morgan fingerprint density at radius 3 is 2.84 bits per heavy atom. The molecule has 1 aromatic heterocycles. The first-order chi connectivity index (χ1) is 9.24. The fourth-order valence-corrected chi connectivity index (χ4v) is 2.32. The van der Waals surface area contributed by atoms with E-state index >= 15 is 0 Å². The minimum atomic E-state index is -0.173. The van der Waals surface area contributed by atoms with Crippen LogP contribution in [0.1, 0.15) is 10.4 Å². The summed E-state index contributed by atoms with van der Waals surface area (Å²) in [6, 6.07) is 10.8. The van der Waals surface area contributed by atoms with Crippen molar-refractivity contribution in [3.63, 3.8) is 0 Å². The quantitative estimate of drug-likeness (QED) is 0.785. The minimum absolute atomic E-state index is 0.173. The first-order valence-electron chi connectivity index (χ1n) is 6.06. The lowest BCUT2D eigenvalue weighted by Crippen LogP contribution is -2.35. The predicted molar refractivity (Wildman–Crippen MR) is 76.4 cm³/mol. The van der Waals surface area contributed by atoms with Gasteiger partial charge in [-0.3, -0.25) is 0 Å². The van der Waals surface area contributed by atoms with Crippen LogP contribution in [0.4, 0.5) is 4.79 Å². The molecule has 0 radical (unpaired) electrons. The molecule has 2 amide bonds. The van der Waals surface area contributed by atoms with Gasteiger partial charge in [-0.1, -0.05) is 18.2 Å². The number of thiophene rings is 1. The van der Waals surface area contributed by atoms with Crippen LogP contribution in [0.3, 0.4) is 0 Å². The number of rotatable bonds is 5. The maximum absolute atomic E-state index is 11.5. The summed E-state index contributed by atoms with van der Waals surface area (Å²) in [6.07, 6.45) is 0.695. The zero-order chi connectivity index (χ0) is 13.5. The van der Waals surface area contributed by atoms with Crippen molar-refractivity contribution < 1.29 is 9.90 Å². The number of amides is 2. The van der Waals surface area contributed by atoms with Gasteiger partial charge in [-0.2, -0.15) is 0 Å². The third-order valence-electron chi connectivity index (χ3n) is 2.61. The lowest BCUT2D eigenvalue weighted by atomic mass is 10.1. The van der Waals surface area contributed by atoms with E-state index in [2.05, 4.69) is 10.6 Å². The molecule has 0 fully saturated rings. The molecule has 19 heavy (non-hydrogen) atoms. The zero-order valence-corrected chi connectivity index (χ0v) is 11.2. The van der Waals surface area contributed by atoms with Crippen molar-refractivity contribution in [2.24, 2.45) is 0 Å². The second-order valence-corrected chi connectivity index (χ2v) is 5.14. The Bertz CT molecular complexity index is 526. The maximum atomic E-state index is 11.5. The number of phenols is 1. The molecule has 2 aromatic rings. The van der Waals surface area contributed by atoms with Crippen LogP contribution in [0.5, 0.6) is 5.75 Å². The Morgan fingerprint density at radius 2 is 2.11 bits per heavy atom. The first-order valence-corrected chi connectivity index (χ1v) is 6.94. The van der Waals surface area contributed by atoms with E-state index in [9.17, 15) is 9.90 Å². The maximum Gasteiger partial charge on any atom is 0.315 e. The van der Waals surface area contributed by atoms with E-state index in [1.807, 2.05) is 23.6 Å². The SMILES string of the molecule is O=C(NCCc1cccc(O)c1)NCc1cccs1. The normalized spacial score (nSPS) is 10.1. The molecule has 0 saturated carbocycles. The van der Waals surface area contributed by atoms with Gasteiger partial charge in [-0.15, -0.1) is 11.3 Å². The molecule has 100 valence electrons. The van der Waals surface area contributed by atoms with E-state index < -0.39 is 0 Å². The van der Waals surface area contributed by atoms with E-state index in [0.717, 1.165) is 10.4 Å². The van der Waals surface area contributed by atoms with Gasteiger partial charge in [-0.05, 0) is 35.6 Å². The minimum Gasteiger partial charge on any atom is -0.508 e. The van der Waals surface area contributed by atoms with E-state index in [1.54, 1.807) is 29.5 Å². The summed E-state index contributed by atoms with van der Waals surface area (Å²) in [5, 5.41) is 16.9. The van der Waals surface area contributed by atoms with Crippen LogP contribution in [-0.2, 0) is 13.0 Å². The standard InChI is InChI=1S/C14H16N2O2S/c17-12-4-1-3-11(9-12)6-7-15-14(18)16-10-13-5-2-8-19-13/h1-5,8-9,17H,6-7,10H2,(H2,15,16,18). The molecule has 0 aliphatic heterocycles. The highest BCUT2D eigenvalue weighted by Crippen LogP contribution is 2.10. The number of hydrogen-bond donors (Lipinski definition) is 3. The topological polar surface area (TPSA) is 61.4 Å². The van der Waals surface area contributed by atoms with E-state index in [4.69, 9.17) is 0 Å². The molecule has 1 heterocycles. The van der Waals surface area contributed by atoms with Crippen LogP contribution >= 0.6 is 11.3 Å². The molecule has 0 spiro atoms. The summed E-state index contributed by atoms with van der Waals surface area (Å²) in [7, 11) is 0. The average Bonchev–Trinajstić information content (AvgIpc) is 2.89. The number of phenolic OH excluding ortho intramolecular Hbond substituents is 1. The van der Waals surface area contributed by atoms with Gasteiger partial charge in [0.1, 0.15) is 5.75 Å². The molecule has 1 aromatic carbocycles. The molecule has 4 nitrogen and oxygen atoms in total. The molecule has 0 aliphatic carbocycles. The highest BCUT2D eigenvalue weighted by molar-refractivity contribution is 7.09. The summed E-state index contributed by atoms with van der Waals surface area (Å²) in [5.41, 5.74) is 0.999. The number of carbonyl (C=O) groups excluding carboxylic acids is 1. The Hall–Kier alpha value is -2.01. The smallest absolute Gasteiger partial charge is 0.315 e. The Balaban J connectivity index is 1.66. The molecule has 2 rings (SSSR count). The van der Waals surface area contributed by atoms with Gasteiger partial charge >= 0.3 is 6.03 Å².